The van der Waals surface area contributed by atoms with Crippen molar-refractivity contribution in [1.82, 2.24) is 0 Å². The Balaban J connectivity index is 1.51. The third kappa shape index (κ3) is 3.55. The number of rotatable bonds is 5. The Labute approximate surface area is 179 Å². The summed E-state index contributed by atoms with van der Waals surface area (Å²) in [6, 6.07) is 0. The van der Waals surface area contributed by atoms with Crippen LogP contribution in [0, 0.1) is 52.3 Å². The molecule has 0 radical (unpaired) electrons. The van der Waals surface area contributed by atoms with Gasteiger partial charge in [0.2, 0.25) is 0 Å². The molecule has 2 heteroatoms. The summed E-state index contributed by atoms with van der Waals surface area (Å²) in [5, 5.41) is 0. The lowest BCUT2D eigenvalue weighted by Crippen LogP contribution is -2.56. The Hall–Kier alpha value is -0.660. The third-order valence-electron chi connectivity index (χ3n) is 10.5. The molecule has 4 saturated carbocycles. The molecule has 8 atom stereocenters. The second-order valence-corrected chi connectivity index (χ2v) is 12.4. The zero-order valence-corrected chi connectivity index (χ0v) is 19.6. The first-order valence-electron chi connectivity index (χ1n) is 12.7. The number of hydrogen-bond acceptors (Lipinski definition) is 2. The van der Waals surface area contributed by atoms with Gasteiger partial charge in [-0.3, -0.25) is 9.59 Å². The van der Waals surface area contributed by atoms with Crippen molar-refractivity contribution in [2.75, 3.05) is 0 Å². The zero-order chi connectivity index (χ0) is 21.0. The molecule has 2 nitrogen and oxygen atoms in total. The fourth-order valence-electron chi connectivity index (χ4n) is 8.86. The lowest BCUT2D eigenvalue weighted by molar-refractivity contribution is -0.159. The molecular weight excluding hydrogens is 356 g/mol. The highest BCUT2D eigenvalue weighted by molar-refractivity contribution is 5.90. The van der Waals surface area contributed by atoms with Crippen LogP contribution in [0.4, 0.5) is 0 Å². The summed E-state index contributed by atoms with van der Waals surface area (Å²) in [7, 11) is 0. The summed E-state index contributed by atoms with van der Waals surface area (Å²) in [6.45, 7) is 12.2. The number of Topliss-reactive ketones (excluding diaryl/α,β-unsaturated/α-hetero) is 2. The van der Waals surface area contributed by atoms with Gasteiger partial charge in [0.15, 0.2) is 0 Å². The predicted molar refractivity (Wildman–Crippen MR) is 118 cm³/mol. The smallest absolute Gasteiger partial charge is 0.137 e. The van der Waals surface area contributed by atoms with Crippen molar-refractivity contribution in [1.29, 1.82) is 0 Å². The average molecular weight is 401 g/mol. The largest absolute Gasteiger partial charge is 0.300 e. The lowest BCUT2D eigenvalue weighted by atomic mass is 9.44. The topological polar surface area (TPSA) is 34.1 Å². The van der Waals surface area contributed by atoms with Crippen LogP contribution in [0.5, 0.6) is 0 Å². The quantitative estimate of drug-likeness (QED) is 0.505. The first-order valence-corrected chi connectivity index (χ1v) is 12.7. The van der Waals surface area contributed by atoms with Crippen molar-refractivity contribution in [2.24, 2.45) is 52.3 Å². The van der Waals surface area contributed by atoms with E-state index in [9.17, 15) is 9.59 Å². The average Bonchev–Trinajstić information content (AvgIpc) is 3.00. The molecule has 164 valence electrons. The van der Waals surface area contributed by atoms with Gasteiger partial charge < -0.3 is 0 Å². The number of carbonyl (C=O) groups excluding carboxylic acids is 2. The molecule has 0 bridgehead atoms. The molecule has 0 aromatic heterocycles. The Bertz CT molecular complexity index is 651. The van der Waals surface area contributed by atoms with E-state index in [1.807, 2.05) is 0 Å². The monoisotopic (exact) mass is 400 g/mol. The molecule has 0 amide bonds. The zero-order valence-electron chi connectivity index (χ0n) is 19.6. The van der Waals surface area contributed by atoms with Gasteiger partial charge in [-0.2, -0.15) is 0 Å². The number of carbonyl (C=O) groups is 2. The van der Waals surface area contributed by atoms with Gasteiger partial charge in [0, 0.05) is 25.2 Å². The number of fused-ring (bicyclic) bond motifs is 5. The van der Waals surface area contributed by atoms with Gasteiger partial charge in [0.25, 0.3) is 0 Å². The first-order chi connectivity index (χ1) is 13.7. The maximum Gasteiger partial charge on any atom is 0.137 e. The van der Waals surface area contributed by atoms with E-state index in [-0.39, 0.29) is 11.3 Å². The van der Waals surface area contributed by atoms with E-state index < -0.39 is 0 Å². The maximum atomic E-state index is 13.2. The van der Waals surface area contributed by atoms with Crippen molar-refractivity contribution < 1.29 is 9.59 Å². The van der Waals surface area contributed by atoms with E-state index in [1.54, 1.807) is 0 Å². The van der Waals surface area contributed by atoms with Gasteiger partial charge in [-0.25, -0.2) is 0 Å². The summed E-state index contributed by atoms with van der Waals surface area (Å²) in [4.78, 5) is 25.3. The second-order valence-electron chi connectivity index (χ2n) is 12.4. The minimum Gasteiger partial charge on any atom is -0.300 e. The van der Waals surface area contributed by atoms with E-state index in [4.69, 9.17) is 0 Å². The minimum absolute atomic E-state index is 0.0292. The highest BCUT2D eigenvalue weighted by Gasteiger charge is 2.62. The molecule has 0 aromatic carbocycles. The molecule has 0 saturated heterocycles. The van der Waals surface area contributed by atoms with Crippen molar-refractivity contribution in [3.63, 3.8) is 0 Å². The molecular formula is C27H44O2. The van der Waals surface area contributed by atoms with Gasteiger partial charge >= 0.3 is 0 Å². The van der Waals surface area contributed by atoms with Crippen LogP contribution in [-0.2, 0) is 9.59 Å². The molecule has 4 rings (SSSR count). The molecule has 29 heavy (non-hydrogen) atoms. The fourth-order valence-corrected chi connectivity index (χ4v) is 8.86. The summed E-state index contributed by atoms with van der Waals surface area (Å²) < 4.78 is 0. The van der Waals surface area contributed by atoms with Crippen LogP contribution >= 0.6 is 0 Å². The molecule has 0 aromatic rings. The standard InChI is InChI=1S/C27H44O2/c1-17(2)7-6-8-18(3)21-9-10-22-20-16-25(29)24-15-19(28)11-13-27(24,5)23(20)12-14-26(21,22)4/h17-18,20-24H,6-16H2,1-5H3/t18-,20-,21+,22-,23-,24-,26-,27-/m1/s1. The van der Waals surface area contributed by atoms with E-state index in [0.29, 0.717) is 41.7 Å². The highest BCUT2D eigenvalue weighted by Crippen LogP contribution is 2.67. The van der Waals surface area contributed by atoms with Crippen molar-refractivity contribution in [3.05, 3.63) is 0 Å². The van der Waals surface area contributed by atoms with Gasteiger partial charge in [0.05, 0.1) is 0 Å². The van der Waals surface area contributed by atoms with Gasteiger partial charge in [0.1, 0.15) is 11.6 Å². The van der Waals surface area contributed by atoms with Crippen LogP contribution in [0.2, 0.25) is 0 Å². The SMILES string of the molecule is CC(C)CCC[C@@H](C)[C@@H]1CC[C@@H]2[C@H]3CC(=O)[C@H]4CC(=O)CC[C@]4(C)[C@@H]3CC[C@@]21C. The van der Waals surface area contributed by atoms with Crippen LogP contribution < -0.4 is 0 Å². The molecule has 0 N–H and O–H groups in total. The molecule has 0 aliphatic heterocycles. The Morgan fingerprint density at radius 2 is 1.62 bits per heavy atom. The van der Waals surface area contributed by atoms with Crippen LogP contribution in [0.1, 0.15) is 105 Å². The molecule has 4 aliphatic rings. The van der Waals surface area contributed by atoms with E-state index in [1.165, 1.54) is 44.9 Å². The van der Waals surface area contributed by atoms with Gasteiger partial charge in [-0.05, 0) is 78.4 Å². The van der Waals surface area contributed by atoms with Crippen LogP contribution in [-0.4, -0.2) is 11.6 Å². The maximum absolute atomic E-state index is 13.2. The lowest BCUT2D eigenvalue weighted by Gasteiger charge is -2.59. The fraction of sp³-hybridized carbons (Fsp3) is 0.926. The predicted octanol–water partition coefficient (Wildman–Crippen LogP) is 6.86. The summed E-state index contributed by atoms with van der Waals surface area (Å²) in [5.74, 6) is 5.25. The van der Waals surface area contributed by atoms with Crippen LogP contribution in [0.3, 0.4) is 0 Å². The minimum atomic E-state index is 0.0292. The van der Waals surface area contributed by atoms with Gasteiger partial charge in [-0.15, -0.1) is 0 Å². The van der Waals surface area contributed by atoms with E-state index in [2.05, 4.69) is 34.6 Å². The molecule has 4 fully saturated rings. The second kappa shape index (κ2) is 7.79. The third-order valence-corrected chi connectivity index (χ3v) is 10.5. The molecule has 4 aliphatic carbocycles. The Kier molecular flexibility index (Phi) is 5.79. The van der Waals surface area contributed by atoms with Crippen LogP contribution in [0.25, 0.3) is 0 Å². The van der Waals surface area contributed by atoms with Crippen molar-refractivity contribution in [3.8, 4) is 0 Å². The van der Waals surface area contributed by atoms with Gasteiger partial charge in [-0.1, -0.05) is 53.9 Å². The molecule has 0 unspecified atom stereocenters. The Morgan fingerprint density at radius 1 is 0.897 bits per heavy atom. The molecule has 0 heterocycles. The first kappa shape index (κ1) is 21.6. The number of ketones is 2. The summed E-state index contributed by atoms with van der Waals surface area (Å²) in [5.41, 5.74) is 0.530. The number of hydrogen-bond donors (Lipinski definition) is 0. The van der Waals surface area contributed by atoms with Crippen LogP contribution in [0.15, 0.2) is 0 Å². The normalized spacial score (nSPS) is 45.7. The van der Waals surface area contributed by atoms with E-state index >= 15 is 0 Å². The molecule has 0 spiro atoms. The van der Waals surface area contributed by atoms with E-state index in [0.717, 1.165) is 36.5 Å². The Morgan fingerprint density at radius 3 is 2.34 bits per heavy atom. The van der Waals surface area contributed by atoms with Crippen molar-refractivity contribution in [2.45, 2.75) is 105 Å². The highest BCUT2D eigenvalue weighted by atomic mass is 16.1. The summed E-state index contributed by atoms with van der Waals surface area (Å²) >= 11 is 0. The van der Waals surface area contributed by atoms with Crippen molar-refractivity contribution >= 4 is 11.6 Å². The summed E-state index contributed by atoms with van der Waals surface area (Å²) in [6.07, 6.45) is 12.4.